The molecule has 0 atom stereocenters. The van der Waals surface area contributed by atoms with Gasteiger partial charge in [-0.1, -0.05) is 87.4 Å². The highest BCUT2D eigenvalue weighted by molar-refractivity contribution is 5.87. The van der Waals surface area contributed by atoms with Gasteiger partial charge in [0.25, 0.3) is 0 Å². The number of hydrogen-bond donors (Lipinski definition) is 0. The Kier molecular flexibility index (Phi) is 5.82. The first-order chi connectivity index (χ1) is 14.5. The Bertz CT molecular complexity index is 1130. The topological polar surface area (TPSA) is 12.9 Å². The monoisotopic (exact) mass is 437 g/mol. The van der Waals surface area contributed by atoms with Crippen LogP contribution >= 0.6 is 0 Å². The molecule has 3 heteroatoms. The summed E-state index contributed by atoms with van der Waals surface area (Å²) in [5.74, 6) is -0.968. The average Bonchev–Trinajstić information content (AvgIpc) is 2.64. The van der Waals surface area contributed by atoms with Gasteiger partial charge in [0.1, 0.15) is 11.6 Å². The van der Waals surface area contributed by atoms with Gasteiger partial charge in [-0.05, 0) is 51.1 Å². The first kappa shape index (κ1) is 24.4. The molecule has 0 aliphatic heterocycles. The largest absolute Gasteiger partial charge is 0.256 e. The minimum Gasteiger partial charge on any atom is -0.256 e. The molecule has 3 aromatic rings. The van der Waals surface area contributed by atoms with Gasteiger partial charge in [-0.3, -0.25) is 4.98 Å². The summed E-state index contributed by atoms with van der Waals surface area (Å²) in [6.45, 7) is 20.5. The third-order valence-corrected chi connectivity index (χ3v) is 7.33. The third-order valence-electron chi connectivity index (χ3n) is 7.33. The predicted octanol–water partition coefficient (Wildman–Crippen LogP) is 8.36. The van der Waals surface area contributed by atoms with Gasteiger partial charge in [0.05, 0.1) is 5.52 Å². The summed E-state index contributed by atoms with van der Waals surface area (Å²) in [5.41, 5.74) is 2.42. The van der Waals surface area contributed by atoms with E-state index in [0.29, 0.717) is 5.56 Å². The molecular weight excluding hydrogens is 400 g/mol. The highest BCUT2D eigenvalue weighted by Gasteiger charge is 2.42. The fraction of sp³-hybridized carbons (Fsp3) is 0.483. The maximum atomic E-state index is 15.1. The number of fused-ring (bicyclic) bond motifs is 1. The molecule has 0 spiro atoms. The first-order valence-corrected chi connectivity index (χ1v) is 11.4. The quantitative estimate of drug-likeness (QED) is 0.401. The van der Waals surface area contributed by atoms with Crippen molar-refractivity contribution in [3.63, 3.8) is 0 Å². The molecule has 0 saturated carbocycles. The molecule has 0 unspecified atom stereocenters. The molecule has 1 aromatic heterocycles. The SMILES string of the molecule is CC(C)(C)c1c(F)cc(C(C)(C)C(C)(C)c2cccc3c(C(C)(C)C)ccnc23)cc1F. The van der Waals surface area contributed by atoms with Crippen molar-refractivity contribution in [3.8, 4) is 0 Å². The number of para-hydroxylation sites is 1. The molecule has 0 amide bonds. The van der Waals surface area contributed by atoms with Gasteiger partial charge in [0.15, 0.2) is 0 Å². The molecule has 0 saturated heterocycles. The van der Waals surface area contributed by atoms with Gasteiger partial charge >= 0.3 is 0 Å². The van der Waals surface area contributed by atoms with E-state index in [0.717, 1.165) is 16.5 Å². The molecule has 32 heavy (non-hydrogen) atoms. The Hall–Kier alpha value is -2.29. The zero-order valence-corrected chi connectivity index (χ0v) is 21.2. The molecule has 0 fully saturated rings. The Morgan fingerprint density at radius 1 is 0.656 bits per heavy atom. The van der Waals surface area contributed by atoms with Crippen LogP contribution in [-0.2, 0) is 21.7 Å². The minimum atomic E-state index is -0.602. The molecule has 1 heterocycles. The van der Waals surface area contributed by atoms with Gasteiger partial charge in [-0.15, -0.1) is 0 Å². The maximum absolute atomic E-state index is 15.1. The average molecular weight is 438 g/mol. The molecule has 0 N–H and O–H groups in total. The van der Waals surface area contributed by atoms with Crippen LogP contribution in [0.15, 0.2) is 42.6 Å². The van der Waals surface area contributed by atoms with Crippen LogP contribution in [0, 0.1) is 11.6 Å². The van der Waals surface area contributed by atoms with Crippen LogP contribution in [-0.4, -0.2) is 4.98 Å². The zero-order chi connectivity index (χ0) is 24.3. The Balaban J connectivity index is 2.23. The fourth-order valence-electron chi connectivity index (χ4n) is 4.68. The van der Waals surface area contributed by atoms with E-state index < -0.39 is 27.9 Å². The summed E-state index contributed by atoms with van der Waals surface area (Å²) in [6.07, 6.45) is 1.87. The summed E-state index contributed by atoms with van der Waals surface area (Å²) in [5, 5.41) is 1.13. The van der Waals surface area contributed by atoms with E-state index in [1.54, 1.807) is 0 Å². The molecule has 3 rings (SSSR count). The van der Waals surface area contributed by atoms with E-state index in [1.807, 2.05) is 27.0 Å². The lowest BCUT2D eigenvalue weighted by Crippen LogP contribution is -2.41. The lowest BCUT2D eigenvalue weighted by Gasteiger charge is -2.43. The summed E-state index contributed by atoms with van der Waals surface area (Å²) >= 11 is 0. The fourth-order valence-corrected chi connectivity index (χ4v) is 4.68. The Morgan fingerprint density at radius 3 is 1.72 bits per heavy atom. The number of pyridine rings is 1. The number of hydrogen-bond acceptors (Lipinski definition) is 1. The number of halogens is 2. The second-order valence-electron chi connectivity index (χ2n) is 12.1. The molecule has 172 valence electrons. The van der Waals surface area contributed by atoms with Gasteiger partial charge in [0, 0.05) is 22.6 Å². The van der Waals surface area contributed by atoms with Crippen molar-refractivity contribution in [2.75, 3.05) is 0 Å². The van der Waals surface area contributed by atoms with Crippen LogP contribution < -0.4 is 0 Å². The number of rotatable bonds is 3. The maximum Gasteiger partial charge on any atom is 0.130 e. The van der Waals surface area contributed by atoms with Crippen LogP contribution in [0.2, 0.25) is 0 Å². The van der Waals surface area contributed by atoms with E-state index in [2.05, 4.69) is 72.7 Å². The molecule has 0 radical (unpaired) electrons. The van der Waals surface area contributed by atoms with Crippen molar-refractivity contribution in [2.45, 2.75) is 90.9 Å². The number of aromatic nitrogens is 1. The van der Waals surface area contributed by atoms with Crippen molar-refractivity contribution in [3.05, 3.63) is 76.5 Å². The van der Waals surface area contributed by atoms with E-state index in [4.69, 9.17) is 4.98 Å². The van der Waals surface area contributed by atoms with E-state index in [1.165, 1.54) is 17.7 Å². The summed E-state index contributed by atoms with van der Waals surface area (Å²) in [4.78, 5) is 4.76. The van der Waals surface area contributed by atoms with Crippen LogP contribution in [0.25, 0.3) is 10.9 Å². The highest BCUT2D eigenvalue weighted by Crippen LogP contribution is 2.47. The molecular formula is C29H37F2N. The van der Waals surface area contributed by atoms with Crippen LogP contribution in [0.1, 0.15) is 91.5 Å². The van der Waals surface area contributed by atoms with Gasteiger partial charge < -0.3 is 0 Å². The summed E-state index contributed by atoms with van der Waals surface area (Å²) < 4.78 is 30.2. The summed E-state index contributed by atoms with van der Waals surface area (Å²) in [7, 11) is 0. The lowest BCUT2D eigenvalue weighted by molar-refractivity contribution is 0.302. The van der Waals surface area contributed by atoms with E-state index in [9.17, 15) is 0 Å². The van der Waals surface area contributed by atoms with Crippen molar-refractivity contribution in [1.82, 2.24) is 4.98 Å². The van der Waals surface area contributed by atoms with Crippen molar-refractivity contribution < 1.29 is 8.78 Å². The van der Waals surface area contributed by atoms with Crippen molar-refractivity contribution in [2.24, 2.45) is 0 Å². The lowest BCUT2D eigenvalue weighted by atomic mass is 9.60. The normalized spacial score (nSPS) is 13.6. The molecule has 0 aliphatic carbocycles. The van der Waals surface area contributed by atoms with Gasteiger partial charge in [0.2, 0.25) is 0 Å². The zero-order valence-electron chi connectivity index (χ0n) is 21.2. The molecule has 0 bridgehead atoms. The third kappa shape index (κ3) is 3.95. The Morgan fingerprint density at radius 2 is 1.22 bits per heavy atom. The number of nitrogens with zero attached hydrogens (tertiary/aromatic N) is 1. The van der Waals surface area contributed by atoms with E-state index >= 15 is 8.78 Å². The van der Waals surface area contributed by atoms with Crippen LogP contribution in [0.5, 0.6) is 0 Å². The van der Waals surface area contributed by atoms with Crippen LogP contribution in [0.4, 0.5) is 8.78 Å². The predicted molar refractivity (Wildman–Crippen MR) is 132 cm³/mol. The second kappa shape index (κ2) is 7.64. The summed E-state index contributed by atoms with van der Waals surface area (Å²) in [6, 6.07) is 11.4. The molecule has 2 aromatic carbocycles. The van der Waals surface area contributed by atoms with Gasteiger partial charge in [-0.25, -0.2) is 8.78 Å². The standard InChI is InChI=1S/C29H37F2N/c1-26(2,3)20-14-15-32-25-19(20)12-11-13-21(25)29(9,10)28(7,8)18-16-22(30)24(23(31)17-18)27(4,5)6/h11-17H,1-10H3. The second-order valence-corrected chi connectivity index (χ2v) is 12.1. The van der Waals surface area contributed by atoms with E-state index in [-0.39, 0.29) is 11.0 Å². The molecule has 1 nitrogen and oxygen atoms in total. The highest BCUT2D eigenvalue weighted by atomic mass is 19.1. The van der Waals surface area contributed by atoms with Crippen molar-refractivity contribution >= 4 is 10.9 Å². The van der Waals surface area contributed by atoms with Crippen molar-refractivity contribution in [1.29, 1.82) is 0 Å². The minimum absolute atomic E-state index is 0.0193. The Labute approximate surface area is 192 Å². The van der Waals surface area contributed by atoms with Gasteiger partial charge in [-0.2, -0.15) is 0 Å². The first-order valence-electron chi connectivity index (χ1n) is 11.4. The molecule has 0 aliphatic rings. The number of benzene rings is 2. The van der Waals surface area contributed by atoms with Crippen LogP contribution in [0.3, 0.4) is 0 Å². The smallest absolute Gasteiger partial charge is 0.130 e.